The Kier molecular flexibility index (Phi) is 7.23. The molecule has 0 aliphatic rings. The van der Waals surface area contributed by atoms with Crippen LogP contribution in [0, 0.1) is 12.3 Å². The maximum Gasteiger partial charge on any atom is 0.324 e. The zero-order valence-electron chi connectivity index (χ0n) is 17.9. The van der Waals surface area contributed by atoms with Crippen LogP contribution in [0.3, 0.4) is 0 Å². The van der Waals surface area contributed by atoms with E-state index in [4.69, 9.17) is 0 Å². The van der Waals surface area contributed by atoms with Crippen molar-refractivity contribution in [2.45, 2.75) is 34.3 Å². The molecule has 0 radical (unpaired) electrons. The van der Waals surface area contributed by atoms with Crippen LogP contribution in [-0.4, -0.2) is 18.2 Å². The molecular formula is C24H31N3O2. The topological polar surface area (TPSA) is 64.6 Å². The molecule has 0 unspecified atom stereocenters. The molecule has 29 heavy (non-hydrogen) atoms. The lowest BCUT2D eigenvalue weighted by Gasteiger charge is -2.26. The van der Waals surface area contributed by atoms with Crippen LogP contribution >= 0.6 is 0 Å². The summed E-state index contributed by atoms with van der Waals surface area (Å²) in [6, 6.07) is 14.8. The molecule has 0 aliphatic carbocycles. The van der Waals surface area contributed by atoms with Gasteiger partial charge in [-0.3, -0.25) is 5.32 Å². The van der Waals surface area contributed by atoms with Crippen LogP contribution in [0.1, 0.15) is 31.9 Å². The van der Waals surface area contributed by atoms with Gasteiger partial charge in [-0.05, 0) is 53.8 Å². The maximum absolute atomic E-state index is 12.6. The predicted octanol–water partition coefficient (Wildman–Crippen LogP) is 5.19. The van der Waals surface area contributed by atoms with Crippen molar-refractivity contribution >= 4 is 17.4 Å². The number of nitrogens with one attached hydrogen (secondary N) is 2. The third kappa shape index (κ3) is 6.50. The summed E-state index contributed by atoms with van der Waals surface area (Å²) in [5, 5.41) is 15.1. The Hall–Kier alpha value is -3.05. The molecule has 2 aromatic carbocycles. The number of aliphatic hydroxyl groups excluding tert-OH is 1. The van der Waals surface area contributed by atoms with E-state index in [1.165, 1.54) is 0 Å². The average Bonchev–Trinajstić information content (AvgIpc) is 2.68. The van der Waals surface area contributed by atoms with Gasteiger partial charge in [0.1, 0.15) is 5.82 Å². The Labute approximate surface area is 173 Å². The summed E-state index contributed by atoms with van der Waals surface area (Å²) in [6.45, 7) is 12.4. The molecule has 0 heterocycles. The van der Waals surface area contributed by atoms with Gasteiger partial charge in [0.15, 0.2) is 0 Å². The monoisotopic (exact) mass is 393 g/mol. The van der Waals surface area contributed by atoms with Crippen LogP contribution < -0.4 is 15.5 Å². The van der Waals surface area contributed by atoms with Crippen molar-refractivity contribution < 1.29 is 9.90 Å². The Morgan fingerprint density at radius 3 is 2.21 bits per heavy atom. The number of urea groups is 1. The zero-order chi connectivity index (χ0) is 21.6. The van der Waals surface area contributed by atoms with Crippen molar-refractivity contribution in [2.75, 3.05) is 17.3 Å². The number of amides is 2. The van der Waals surface area contributed by atoms with Crippen LogP contribution in [0.4, 0.5) is 16.2 Å². The molecule has 0 aliphatic heterocycles. The average molecular weight is 394 g/mol. The van der Waals surface area contributed by atoms with Crippen LogP contribution in [0.2, 0.25) is 0 Å². The first kappa shape index (κ1) is 22.2. The fourth-order valence-electron chi connectivity index (χ4n) is 2.48. The van der Waals surface area contributed by atoms with E-state index >= 15 is 0 Å². The molecule has 2 amide bonds. The first-order valence-electron chi connectivity index (χ1n) is 9.59. The smallest absolute Gasteiger partial charge is 0.324 e. The van der Waals surface area contributed by atoms with Crippen molar-refractivity contribution in [1.29, 1.82) is 0 Å². The molecule has 0 bridgehead atoms. The number of anilines is 2. The minimum Gasteiger partial charge on any atom is -0.392 e. The third-order valence-electron chi connectivity index (χ3n) is 4.69. The summed E-state index contributed by atoms with van der Waals surface area (Å²) >= 11 is 0. The Morgan fingerprint density at radius 1 is 1.10 bits per heavy atom. The fraction of sp³-hybridized carbons (Fsp3) is 0.292. The van der Waals surface area contributed by atoms with Crippen molar-refractivity contribution in [3.05, 3.63) is 83.7 Å². The summed E-state index contributed by atoms with van der Waals surface area (Å²) < 4.78 is 0. The van der Waals surface area contributed by atoms with E-state index in [-0.39, 0.29) is 18.1 Å². The Balaban J connectivity index is 2.26. The van der Waals surface area contributed by atoms with Gasteiger partial charge >= 0.3 is 6.03 Å². The lowest BCUT2D eigenvalue weighted by atomic mass is 9.87. The number of hydrogen-bond acceptors (Lipinski definition) is 3. The molecule has 2 rings (SSSR count). The summed E-state index contributed by atoms with van der Waals surface area (Å²) in [5.41, 5.74) is 4.31. The number of benzene rings is 2. The van der Waals surface area contributed by atoms with Crippen LogP contribution in [0.5, 0.6) is 0 Å². The molecule has 5 nitrogen and oxygen atoms in total. The lowest BCUT2D eigenvalue weighted by Crippen LogP contribution is -2.36. The van der Waals surface area contributed by atoms with Crippen LogP contribution in [0.15, 0.2) is 72.6 Å². The SMILES string of the molecule is C=C(/C=C(/NC(=O)Nc1ccc(C)cc1)N(C)c1ccc(CO)cc1)C(C)(C)C. The number of hydrogen-bond donors (Lipinski definition) is 3. The van der Waals surface area contributed by atoms with Gasteiger partial charge in [-0.1, -0.05) is 57.2 Å². The zero-order valence-corrected chi connectivity index (χ0v) is 17.9. The summed E-state index contributed by atoms with van der Waals surface area (Å²) in [5.74, 6) is 0.603. The number of aliphatic hydroxyl groups is 1. The van der Waals surface area contributed by atoms with Crippen molar-refractivity contribution in [3.63, 3.8) is 0 Å². The maximum atomic E-state index is 12.6. The molecule has 2 aromatic rings. The molecule has 0 aromatic heterocycles. The summed E-state index contributed by atoms with van der Waals surface area (Å²) in [4.78, 5) is 14.5. The summed E-state index contributed by atoms with van der Waals surface area (Å²) in [7, 11) is 1.88. The van der Waals surface area contributed by atoms with Gasteiger partial charge in [0.25, 0.3) is 0 Å². The van der Waals surface area contributed by atoms with Crippen molar-refractivity contribution in [3.8, 4) is 0 Å². The van der Waals surface area contributed by atoms with E-state index in [1.54, 1.807) is 0 Å². The number of rotatable bonds is 6. The van der Waals surface area contributed by atoms with E-state index in [9.17, 15) is 9.90 Å². The van der Waals surface area contributed by atoms with Gasteiger partial charge in [-0.25, -0.2) is 4.79 Å². The first-order valence-corrected chi connectivity index (χ1v) is 9.59. The third-order valence-corrected chi connectivity index (χ3v) is 4.69. The molecule has 154 valence electrons. The second-order valence-electron chi connectivity index (χ2n) is 8.13. The number of aryl methyl sites for hydroxylation is 1. The van der Waals surface area contributed by atoms with Gasteiger partial charge in [0.05, 0.1) is 6.61 Å². The molecular weight excluding hydrogens is 362 g/mol. The fourth-order valence-corrected chi connectivity index (χ4v) is 2.48. The highest BCUT2D eigenvalue weighted by atomic mass is 16.3. The van der Waals surface area contributed by atoms with Gasteiger partial charge in [0.2, 0.25) is 0 Å². The first-order chi connectivity index (χ1) is 13.6. The standard InChI is InChI=1S/C24H31N3O2/c1-17-7-11-20(12-8-17)25-23(29)26-22(15-18(2)24(3,4)5)27(6)21-13-9-19(16-28)10-14-21/h7-15,28H,2,16H2,1,3-6H3,(H2,25,26,29)/b22-15-. The van der Waals surface area contributed by atoms with Gasteiger partial charge in [-0.2, -0.15) is 0 Å². The Morgan fingerprint density at radius 2 is 1.69 bits per heavy atom. The highest BCUT2D eigenvalue weighted by Crippen LogP contribution is 2.27. The molecule has 0 atom stereocenters. The van der Waals surface area contributed by atoms with Crippen molar-refractivity contribution in [1.82, 2.24) is 5.32 Å². The molecule has 3 N–H and O–H groups in total. The van der Waals surface area contributed by atoms with Crippen LogP contribution in [-0.2, 0) is 6.61 Å². The Bertz CT molecular complexity index is 876. The van der Waals surface area contributed by atoms with E-state index < -0.39 is 0 Å². The highest BCUT2D eigenvalue weighted by Gasteiger charge is 2.17. The summed E-state index contributed by atoms with van der Waals surface area (Å²) in [6.07, 6.45) is 1.88. The minimum absolute atomic E-state index is 0.00920. The second kappa shape index (κ2) is 9.43. The quantitative estimate of drug-likeness (QED) is 0.592. The van der Waals surface area contributed by atoms with E-state index in [0.717, 1.165) is 28.1 Å². The molecule has 5 heteroatoms. The number of carbonyl (C=O) groups is 1. The van der Waals surface area contributed by atoms with Gasteiger partial charge in [0, 0.05) is 18.4 Å². The minimum atomic E-state index is -0.333. The lowest BCUT2D eigenvalue weighted by molar-refractivity contribution is 0.254. The molecule has 0 fully saturated rings. The van der Waals surface area contributed by atoms with E-state index in [2.05, 4.69) is 38.0 Å². The van der Waals surface area contributed by atoms with Gasteiger partial charge < -0.3 is 15.3 Å². The second-order valence-corrected chi connectivity index (χ2v) is 8.13. The molecule has 0 saturated heterocycles. The highest BCUT2D eigenvalue weighted by molar-refractivity contribution is 5.90. The number of carbonyl (C=O) groups excluding carboxylic acids is 1. The van der Waals surface area contributed by atoms with E-state index in [0.29, 0.717) is 5.82 Å². The van der Waals surface area contributed by atoms with E-state index in [1.807, 2.05) is 73.5 Å². The molecule has 0 spiro atoms. The number of nitrogens with zero attached hydrogens (tertiary/aromatic N) is 1. The largest absolute Gasteiger partial charge is 0.392 e. The van der Waals surface area contributed by atoms with Crippen LogP contribution in [0.25, 0.3) is 0 Å². The number of allylic oxidation sites excluding steroid dienone is 2. The predicted molar refractivity (Wildman–Crippen MR) is 121 cm³/mol. The van der Waals surface area contributed by atoms with Crippen molar-refractivity contribution in [2.24, 2.45) is 5.41 Å². The van der Waals surface area contributed by atoms with Gasteiger partial charge in [-0.15, -0.1) is 0 Å². The molecule has 0 saturated carbocycles. The normalized spacial score (nSPS) is 11.7.